The van der Waals surface area contributed by atoms with Crippen molar-refractivity contribution in [3.05, 3.63) is 83.7 Å². The van der Waals surface area contributed by atoms with Crippen molar-refractivity contribution in [2.75, 3.05) is 53.7 Å². The van der Waals surface area contributed by atoms with Crippen molar-refractivity contribution in [2.45, 2.75) is 76.5 Å². The number of aromatic nitrogens is 4. The number of H-pyrrole nitrogens is 2. The Morgan fingerprint density at radius 3 is 1.33 bits per heavy atom. The highest BCUT2D eigenvalue weighted by Crippen LogP contribution is 2.27. The summed E-state index contributed by atoms with van der Waals surface area (Å²) in [6, 6.07) is 12.4. The van der Waals surface area contributed by atoms with Gasteiger partial charge in [0, 0.05) is 51.4 Å². The molecule has 2 aliphatic rings. The van der Waals surface area contributed by atoms with Crippen LogP contribution in [0, 0.1) is 23.7 Å². The number of nitrogens with one attached hydrogen (secondary N) is 4. The van der Waals surface area contributed by atoms with E-state index < -0.39 is 61.0 Å². The molecule has 0 aliphatic carbocycles. The molecule has 66 heavy (non-hydrogen) atoms. The van der Waals surface area contributed by atoms with Gasteiger partial charge in [-0.15, -0.1) is 0 Å². The Morgan fingerprint density at radius 2 is 1.02 bits per heavy atom. The first-order valence-corrected chi connectivity index (χ1v) is 21.5. The normalized spacial score (nSPS) is 15.7. The fourth-order valence-electron chi connectivity index (χ4n) is 7.87. The molecule has 6 rings (SSSR count). The average Bonchev–Trinajstić information content (AvgIpc) is 3.98. The summed E-state index contributed by atoms with van der Waals surface area (Å²) in [5.41, 5.74) is 4.06. The quantitative estimate of drug-likeness (QED) is 0.0750. The monoisotopic (exact) mass is 922 g/mol. The van der Waals surface area contributed by atoms with E-state index in [0.29, 0.717) is 74.6 Å². The first-order chi connectivity index (χ1) is 31.5. The molecule has 0 spiro atoms. The maximum absolute atomic E-state index is 14.4. The van der Waals surface area contributed by atoms with Gasteiger partial charge in [0.15, 0.2) is 0 Å². The Kier molecular flexibility index (Phi) is 16.4. The van der Waals surface area contributed by atoms with E-state index >= 15 is 0 Å². The number of halogens is 4. The third-order valence-electron chi connectivity index (χ3n) is 11.2. The van der Waals surface area contributed by atoms with Gasteiger partial charge in [-0.25, -0.2) is 37.1 Å². The van der Waals surface area contributed by atoms with Crippen molar-refractivity contribution < 1.29 is 55.7 Å². The Balaban J connectivity index is 1.09. The van der Waals surface area contributed by atoms with Crippen LogP contribution in [-0.2, 0) is 41.6 Å². The van der Waals surface area contributed by atoms with E-state index in [1.54, 1.807) is 12.4 Å². The van der Waals surface area contributed by atoms with Gasteiger partial charge in [0.2, 0.25) is 11.8 Å². The molecule has 2 aromatic carbocycles. The standard InChI is InChI=1S/C46H54F4N8O8/c1-45(47,48)27-57(41(59)39(55-43(61)63-3)33-15-19-65-20-16-33)25-37-51-23-35(53-37)31-11-7-29(8-12-31)5-6-30-9-13-32(14-10-30)36-24-52-38(54-36)26-58(28-46(2,49)50)42(60)40(56-44(62)64-4)34-17-21-66-22-18-34/h7-14,23-24,33-34,39-40H,15-22,25-28H2,1-4H3,(H,51,53)(H,52,54)(H,55,61)(H,56,62). The molecule has 20 heteroatoms. The van der Waals surface area contributed by atoms with Gasteiger partial charge in [-0.1, -0.05) is 36.1 Å². The molecule has 4 N–H and O–H groups in total. The lowest BCUT2D eigenvalue weighted by molar-refractivity contribution is -0.142. The van der Waals surface area contributed by atoms with Crippen LogP contribution in [-0.4, -0.2) is 131 Å². The van der Waals surface area contributed by atoms with Crippen LogP contribution in [0.25, 0.3) is 22.5 Å². The van der Waals surface area contributed by atoms with Crippen molar-refractivity contribution in [3.8, 4) is 34.4 Å². The van der Waals surface area contributed by atoms with Crippen LogP contribution in [0.4, 0.5) is 27.2 Å². The number of benzene rings is 2. The summed E-state index contributed by atoms with van der Waals surface area (Å²) in [6.45, 7) is 0.628. The maximum atomic E-state index is 14.4. The fraction of sp³-hybridized carbons (Fsp3) is 0.478. The second-order valence-electron chi connectivity index (χ2n) is 16.5. The molecule has 2 aliphatic heterocycles. The van der Waals surface area contributed by atoms with Gasteiger partial charge in [0.05, 0.1) is 64.2 Å². The van der Waals surface area contributed by atoms with Crippen LogP contribution in [0.1, 0.15) is 62.3 Å². The van der Waals surface area contributed by atoms with E-state index in [0.717, 1.165) is 49.0 Å². The van der Waals surface area contributed by atoms with E-state index in [1.807, 2.05) is 48.5 Å². The highest BCUT2D eigenvalue weighted by molar-refractivity contribution is 5.87. The molecule has 0 radical (unpaired) electrons. The molecule has 2 fully saturated rings. The molecule has 0 saturated carbocycles. The number of imidazole rings is 2. The fourth-order valence-corrected chi connectivity index (χ4v) is 7.87. The lowest BCUT2D eigenvalue weighted by Gasteiger charge is -2.34. The number of amides is 4. The molecule has 2 atom stereocenters. The predicted molar refractivity (Wildman–Crippen MR) is 232 cm³/mol. The first-order valence-electron chi connectivity index (χ1n) is 21.5. The van der Waals surface area contributed by atoms with Crippen molar-refractivity contribution in [1.29, 1.82) is 0 Å². The van der Waals surface area contributed by atoms with Gasteiger partial charge in [-0.05, 0) is 72.9 Å². The van der Waals surface area contributed by atoms with Crippen molar-refractivity contribution in [1.82, 2.24) is 40.4 Å². The summed E-state index contributed by atoms with van der Waals surface area (Å²) in [6.07, 6.45) is 3.25. The number of ether oxygens (including phenoxy) is 4. The lowest BCUT2D eigenvalue weighted by atomic mass is 9.90. The molecule has 2 saturated heterocycles. The minimum atomic E-state index is -3.23. The highest BCUT2D eigenvalue weighted by atomic mass is 19.3. The van der Waals surface area contributed by atoms with Crippen molar-refractivity contribution in [3.63, 3.8) is 0 Å². The third-order valence-corrected chi connectivity index (χ3v) is 11.2. The minimum absolute atomic E-state index is 0.260. The average molecular weight is 923 g/mol. The number of methoxy groups -OCH3 is 2. The number of hydrogen-bond donors (Lipinski definition) is 4. The topological polar surface area (TPSA) is 193 Å². The second-order valence-corrected chi connectivity index (χ2v) is 16.5. The smallest absolute Gasteiger partial charge is 0.407 e. The van der Waals surface area contributed by atoms with Gasteiger partial charge in [0.1, 0.15) is 23.7 Å². The Bertz CT molecular complexity index is 2160. The number of alkyl carbamates (subject to hydrolysis) is 2. The summed E-state index contributed by atoms with van der Waals surface area (Å²) in [5.74, 6) is -1.68. The molecule has 4 amide bonds. The predicted octanol–water partition coefficient (Wildman–Crippen LogP) is 6.14. The summed E-state index contributed by atoms with van der Waals surface area (Å²) >= 11 is 0. The summed E-state index contributed by atoms with van der Waals surface area (Å²) in [5, 5.41) is 5.09. The van der Waals surface area contributed by atoms with Gasteiger partial charge < -0.3 is 49.3 Å². The Hall–Kier alpha value is -6.46. The molecule has 2 unspecified atom stereocenters. The molecule has 0 bridgehead atoms. The van der Waals surface area contributed by atoms with Gasteiger partial charge >= 0.3 is 12.2 Å². The van der Waals surface area contributed by atoms with Crippen LogP contribution < -0.4 is 10.6 Å². The molecule has 4 aromatic rings. The number of nitrogens with zero attached hydrogens (tertiary/aromatic N) is 4. The number of aromatic amines is 2. The van der Waals surface area contributed by atoms with Gasteiger partial charge in [-0.3, -0.25) is 9.59 Å². The molecular weight excluding hydrogens is 869 g/mol. The number of alkyl halides is 4. The van der Waals surface area contributed by atoms with Crippen LogP contribution in [0.3, 0.4) is 0 Å². The summed E-state index contributed by atoms with van der Waals surface area (Å²) in [4.78, 5) is 68.9. The number of rotatable bonds is 16. The van der Waals surface area contributed by atoms with Crippen LogP contribution in [0.5, 0.6) is 0 Å². The Labute approximate surface area is 379 Å². The lowest BCUT2D eigenvalue weighted by Crippen LogP contribution is -2.54. The van der Waals surface area contributed by atoms with Crippen molar-refractivity contribution in [2.24, 2.45) is 11.8 Å². The van der Waals surface area contributed by atoms with E-state index in [-0.39, 0.29) is 36.6 Å². The zero-order chi connectivity index (χ0) is 47.4. The number of carbonyl (C=O) groups excluding carboxylic acids is 4. The Morgan fingerprint density at radius 1 is 0.667 bits per heavy atom. The van der Waals surface area contributed by atoms with E-state index in [4.69, 9.17) is 18.9 Å². The number of hydrogen-bond acceptors (Lipinski definition) is 10. The van der Waals surface area contributed by atoms with Crippen LogP contribution in [0.15, 0.2) is 60.9 Å². The van der Waals surface area contributed by atoms with E-state index in [1.165, 1.54) is 0 Å². The highest BCUT2D eigenvalue weighted by Gasteiger charge is 2.39. The van der Waals surface area contributed by atoms with Crippen molar-refractivity contribution >= 4 is 24.0 Å². The molecule has 16 nitrogen and oxygen atoms in total. The third kappa shape index (κ3) is 14.0. The zero-order valence-electron chi connectivity index (χ0n) is 37.1. The summed E-state index contributed by atoms with van der Waals surface area (Å²) < 4.78 is 77.9. The number of carbonyl (C=O) groups is 4. The molecule has 4 heterocycles. The maximum Gasteiger partial charge on any atom is 0.407 e. The molecule has 354 valence electrons. The first kappa shape index (κ1) is 49.0. The SMILES string of the molecule is COC(=O)NC(C(=O)N(Cc1ncc(-c2ccc(C#Cc3ccc(-c4cnc(CN(CC(C)(F)F)C(=O)C(NC(=O)OC)C5CCOCC5)[nH]4)cc3)cc2)[nH]1)CC(C)(F)F)C1CCOCC1. The van der Waals surface area contributed by atoms with Crippen LogP contribution in [0.2, 0.25) is 0 Å². The van der Waals surface area contributed by atoms with E-state index in [2.05, 4.69) is 42.4 Å². The largest absolute Gasteiger partial charge is 0.453 e. The zero-order valence-corrected chi connectivity index (χ0v) is 37.1. The second kappa shape index (κ2) is 22.2. The molecule has 2 aromatic heterocycles. The summed E-state index contributed by atoms with van der Waals surface area (Å²) in [7, 11) is 2.33. The van der Waals surface area contributed by atoms with Gasteiger partial charge in [-0.2, -0.15) is 0 Å². The molecular formula is C46H54F4N8O8. The minimum Gasteiger partial charge on any atom is -0.453 e. The van der Waals surface area contributed by atoms with Crippen LogP contribution >= 0.6 is 0 Å². The van der Waals surface area contributed by atoms with E-state index in [9.17, 15) is 36.7 Å². The van der Waals surface area contributed by atoms with Gasteiger partial charge in [0.25, 0.3) is 11.8 Å².